The standard InChI is InChI=1S/C8H11N3O3S2/c1-3-14-8(16,5-15)7-9-4-6(10(7)2)11(12)13/h4-5,16H,3H2,1-2H3. The predicted octanol–water partition coefficient (Wildman–Crippen LogP) is 1.45. The second-order valence-corrected chi connectivity index (χ2v) is 3.90. The molecule has 0 bridgehead atoms. The number of thiol groups is 1. The first-order valence-corrected chi connectivity index (χ1v) is 5.37. The van der Waals surface area contributed by atoms with Gasteiger partial charge in [-0.3, -0.25) is 0 Å². The molecule has 0 aromatic carbocycles. The third-order valence-electron chi connectivity index (χ3n) is 2.00. The summed E-state index contributed by atoms with van der Waals surface area (Å²) in [5.41, 5.74) is 0. The highest BCUT2D eigenvalue weighted by atomic mass is 32.1. The van der Waals surface area contributed by atoms with Crippen LogP contribution in [0.3, 0.4) is 0 Å². The van der Waals surface area contributed by atoms with Crippen LogP contribution in [0.5, 0.6) is 0 Å². The molecule has 0 radical (unpaired) electrons. The summed E-state index contributed by atoms with van der Waals surface area (Å²) in [7, 11) is 1.52. The first-order chi connectivity index (χ1) is 7.46. The Kier molecular flexibility index (Phi) is 4.00. The first-order valence-electron chi connectivity index (χ1n) is 4.45. The third kappa shape index (κ3) is 2.23. The van der Waals surface area contributed by atoms with Crippen LogP contribution in [-0.2, 0) is 16.7 Å². The van der Waals surface area contributed by atoms with E-state index in [0.29, 0.717) is 12.4 Å². The molecule has 0 aliphatic heterocycles. The van der Waals surface area contributed by atoms with Gasteiger partial charge in [0, 0.05) is 12.0 Å². The zero-order valence-corrected chi connectivity index (χ0v) is 10.5. The van der Waals surface area contributed by atoms with Gasteiger partial charge in [0.15, 0.2) is 0 Å². The maximum absolute atomic E-state index is 10.7. The summed E-state index contributed by atoms with van der Waals surface area (Å²) >= 11 is 9.07. The van der Waals surface area contributed by atoms with Gasteiger partial charge in [-0.25, -0.2) is 9.55 Å². The Balaban J connectivity index is 3.22. The Labute approximate surface area is 103 Å². The molecule has 0 amide bonds. The van der Waals surface area contributed by atoms with Crippen molar-refractivity contribution in [2.45, 2.75) is 11.9 Å². The normalized spacial score (nSPS) is 14.4. The van der Waals surface area contributed by atoms with Gasteiger partial charge < -0.3 is 14.9 Å². The van der Waals surface area contributed by atoms with E-state index < -0.39 is 9.86 Å². The molecule has 0 saturated heterocycles. The average molecular weight is 261 g/mol. The van der Waals surface area contributed by atoms with E-state index in [0.717, 1.165) is 6.20 Å². The molecule has 1 rings (SSSR count). The molecule has 0 aliphatic carbocycles. The van der Waals surface area contributed by atoms with Gasteiger partial charge in [0.1, 0.15) is 6.20 Å². The Morgan fingerprint density at radius 1 is 1.88 bits per heavy atom. The Morgan fingerprint density at radius 2 is 2.50 bits per heavy atom. The van der Waals surface area contributed by atoms with Crippen LogP contribution in [0.4, 0.5) is 5.82 Å². The second kappa shape index (κ2) is 4.89. The fourth-order valence-corrected chi connectivity index (χ4v) is 1.78. The second-order valence-electron chi connectivity index (χ2n) is 3.00. The minimum atomic E-state index is -1.19. The van der Waals surface area contributed by atoms with Crippen LogP contribution in [0.15, 0.2) is 6.20 Å². The summed E-state index contributed by atoms with van der Waals surface area (Å²) in [5.74, 6) is 0.157. The van der Waals surface area contributed by atoms with Crippen molar-refractivity contribution in [2.75, 3.05) is 6.61 Å². The van der Waals surface area contributed by atoms with Crippen LogP contribution in [0.25, 0.3) is 0 Å². The van der Waals surface area contributed by atoms with E-state index in [2.05, 4.69) is 17.6 Å². The molecule has 0 saturated carbocycles. The van der Waals surface area contributed by atoms with Crippen molar-refractivity contribution in [1.29, 1.82) is 0 Å². The third-order valence-corrected chi connectivity index (χ3v) is 2.96. The number of imidazole rings is 1. The molecule has 1 unspecified atom stereocenters. The van der Waals surface area contributed by atoms with Gasteiger partial charge in [-0.15, -0.1) is 12.6 Å². The Bertz CT molecular complexity index is 421. The lowest BCUT2D eigenvalue weighted by Crippen LogP contribution is -2.28. The molecule has 0 fully saturated rings. The molecule has 1 atom stereocenters. The fraction of sp³-hybridized carbons (Fsp3) is 0.500. The maximum Gasteiger partial charge on any atom is 0.342 e. The van der Waals surface area contributed by atoms with Crippen LogP contribution >= 0.6 is 24.8 Å². The molecule has 8 heteroatoms. The number of ether oxygens (including phenoxy) is 1. The van der Waals surface area contributed by atoms with E-state index in [4.69, 9.17) is 17.0 Å². The first kappa shape index (κ1) is 13.1. The van der Waals surface area contributed by atoms with Gasteiger partial charge in [0.05, 0.1) is 7.05 Å². The number of hydrogen-bond donors (Lipinski definition) is 1. The van der Waals surface area contributed by atoms with E-state index in [9.17, 15) is 10.1 Å². The summed E-state index contributed by atoms with van der Waals surface area (Å²) in [5, 5.41) is 11.9. The summed E-state index contributed by atoms with van der Waals surface area (Å²) in [6.07, 6.45) is 1.15. The number of rotatable bonds is 5. The van der Waals surface area contributed by atoms with Crippen molar-refractivity contribution < 1.29 is 9.66 Å². The number of nitrogens with zero attached hydrogens (tertiary/aromatic N) is 3. The quantitative estimate of drug-likeness (QED) is 0.285. The van der Waals surface area contributed by atoms with E-state index >= 15 is 0 Å². The highest BCUT2D eigenvalue weighted by Gasteiger charge is 2.35. The van der Waals surface area contributed by atoms with Gasteiger partial charge in [0.25, 0.3) is 0 Å². The lowest BCUT2D eigenvalue weighted by Gasteiger charge is -2.20. The molecule has 0 N–H and O–H groups in total. The highest BCUT2D eigenvalue weighted by molar-refractivity contribution is 7.85. The van der Waals surface area contributed by atoms with Crippen LogP contribution in [0, 0.1) is 10.1 Å². The predicted molar refractivity (Wildman–Crippen MR) is 65.8 cm³/mol. The highest BCUT2D eigenvalue weighted by Crippen LogP contribution is 2.29. The van der Waals surface area contributed by atoms with E-state index in [1.807, 2.05) is 0 Å². The zero-order chi connectivity index (χ0) is 12.3. The summed E-state index contributed by atoms with van der Waals surface area (Å²) < 4.78 is 6.63. The van der Waals surface area contributed by atoms with Gasteiger partial charge in [-0.05, 0) is 11.8 Å². The summed E-state index contributed by atoms with van der Waals surface area (Å²) in [6, 6.07) is 0. The Morgan fingerprint density at radius 3 is 2.88 bits per heavy atom. The number of nitro groups is 1. The SMILES string of the molecule is CCOC(S)(C=S)c1ncc([N+](=O)[O-])n1C. The van der Waals surface area contributed by atoms with Gasteiger partial charge in [0.2, 0.25) is 10.8 Å². The molecular formula is C8H11N3O3S2. The van der Waals surface area contributed by atoms with E-state index in [1.54, 1.807) is 6.92 Å². The lowest BCUT2D eigenvalue weighted by atomic mass is 10.3. The molecule has 1 aromatic rings. The van der Waals surface area contributed by atoms with Crippen molar-refractivity contribution in [2.24, 2.45) is 7.05 Å². The van der Waals surface area contributed by atoms with Gasteiger partial charge >= 0.3 is 5.82 Å². The molecule has 6 nitrogen and oxygen atoms in total. The number of thiocarbonyl (C=S) groups is 1. The topological polar surface area (TPSA) is 70.2 Å². The van der Waals surface area contributed by atoms with Crippen molar-refractivity contribution >= 4 is 36.0 Å². The summed E-state index contributed by atoms with van der Waals surface area (Å²) in [6.45, 7) is 2.15. The maximum atomic E-state index is 10.7. The zero-order valence-electron chi connectivity index (χ0n) is 8.78. The minimum Gasteiger partial charge on any atom is -0.358 e. The smallest absolute Gasteiger partial charge is 0.342 e. The molecule has 0 aliphatic rings. The molecule has 1 heterocycles. The lowest BCUT2D eigenvalue weighted by molar-refractivity contribution is -0.391. The average Bonchev–Trinajstić information content (AvgIpc) is 2.61. The van der Waals surface area contributed by atoms with Crippen molar-refractivity contribution in [3.05, 3.63) is 22.1 Å². The monoisotopic (exact) mass is 261 g/mol. The minimum absolute atomic E-state index is 0.134. The molecular weight excluding hydrogens is 250 g/mol. The fourth-order valence-electron chi connectivity index (χ4n) is 1.27. The van der Waals surface area contributed by atoms with Crippen molar-refractivity contribution in [3.8, 4) is 0 Å². The number of aromatic nitrogens is 2. The van der Waals surface area contributed by atoms with Gasteiger partial charge in [-0.2, -0.15) is 0 Å². The van der Waals surface area contributed by atoms with Crippen LogP contribution in [0.1, 0.15) is 12.7 Å². The molecule has 0 spiro atoms. The van der Waals surface area contributed by atoms with Crippen LogP contribution in [0.2, 0.25) is 0 Å². The van der Waals surface area contributed by atoms with Crippen molar-refractivity contribution in [3.63, 3.8) is 0 Å². The number of hydrogen-bond acceptors (Lipinski definition) is 6. The van der Waals surface area contributed by atoms with E-state index in [-0.39, 0.29) is 5.82 Å². The largest absolute Gasteiger partial charge is 0.358 e. The van der Waals surface area contributed by atoms with Crippen molar-refractivity contribution in [1.82, 2.24) is 9.55 Å². The molecule has 1 aromatic heterocycles. The van der Waals surface area contributed by atoms with Gasteiger partial charge in [-0.1, -0.05) is 12.2 Å². The van der Waals surface area contributed by atoms with Crippen LogP contribution in [-0.4, -0.2) is 26.4 Å². The molecule has 88 valence electrons. The summed E-state index contributed by atoms with van der Waals surface area (Å²) in [4.78, 5) is 12.9. The van der Waals surface area contributed by atoms with E-state index in [1.165, 1.54) is 17.0 Å². The Hall–Kier alpha value is -0.990. The van der Waals surface area contributed by atoms with Crippen LogP contribution < -0.4 is 0 Å². The molecule has 16 heavy (non-hydrogen) atoms.